The molecule has 0 heterocycles. The summed E-state index contributed by atoms with van der Waals surface area (Å²) >= 11 is 5.95. The number of hydrogen-bond donors (Lipinski definition) is 1. The Kier molecular flexibility index (Phi) is 7.11. The van der Waals surface area contributed by atoms with E-state index in [-0.39, 0.29) is 17.5 Å². The van der Waals surface area contributed by atoms with E-state index in [1.165, 1.54) is 0 Å². The average molecular weight is 419 g/mol. The van der Waals surface area contributed by atoms with Gasteiger partial charge in [-0.2, -0.15) is 5.26 Å². The van der Waals surface area contributed by atoms with Crippen LogP contribution in [-0.4, -0.2) is 11.9 Å². The first-order valence-corrected chi connectivity index (χ1v) is 10.2. The molecule has 0 spiro atoms. The quantitative estimate of drug-likeness (QED) is 0.384. The van der Waals surface area contributed by atoms with Crippen LogP contribution in [0.5, 0.6) is 5.75 Å². The van der Waals surface area contributed by atoms with E-state index in [1.807, 2.05) is 80.6 Å². The van der Waals surface area contributed by atoms with E-state index >= 15 is 0 Å². The predicted molar refractivity (Wildman–Crippen MR) is 121 cm³/mol. The Bertz CT molecular complexity index is 1110. The fourth-order valence-corrected chi connectivity index (χ4v) is 3.11. The number of rotatable bonds is 7. The number of amides is 1. The summed E-state index contributed by atoms with van der Waals surface area (Å²) in [6.07, 6.45) is 2.39. The number of nitrogens with zero attached hydrogens (tertiary/aromatic N) is 1. The highest BCUT2D eigenvalue weighted by atomic mass is 35.5. The van der Waals surface area contributed by atoms with Gasteiger partial charge in [-0.15, -0.1) is 0 Å². The topological polar surface area (TPSA) is 62.1 Å². The minimum absolute atomic E-state index is 0.0117. The third kappa shape index (κ3) is 5.20. The first-order valence-electron chi connectivity index (χ1n) is 9.83. The molecule has 0 aliphatic heterocycles. The second-order valence-corrected chi connectivity index (χ2v) is 7.50. The van der Waals surface area contributed by atoms with Gasteiger partial charge in [-0.05, 0) is 54.0 Å². The number of hydrogen-bond acceptors (Lipinski definition) is 3. The molecule has 0 aliphatic rings. The molecule has 0 bridgehead atoms. The Morgan fingerprint density at radius 3 is 2.60 bits per heavy atom. The zero-order chi connectivity index (χ0) is 21.5. The van der Waals surface area contributed by atoms with Crippen molar-refractivity contribution in [1.82, 2.24) is 5.32 Å². The summed E-state index contributed by atoms with van der Waals surface area (Å²) in [5.41, 5.74) is 1.72. The molecule has 0 unspecified atom stereocenters. The van der Waals surface area contributed by atoms with Crippen molar-refractivity contribution in [2.24, 2.45) is 0 Å². The number of ether oxygens (including phenoxy) is 1. The third-order valence-corrected chi connectivity index (χ3v) is 5.13. The van der Waals surface area contributed by atoms with Crippen molar-refractivity contribution in [2.45, 2.75) is 32.9 Å². The fraction of sp³-hybridized carbons (Fsp3) is 0.200. The molecule has 152 valence electrons. The molecule has 3 aromatic carbocycles. The monoisotopic (exact) mass is 418 g/mol. The molecule has 1 amide bonds. The van der Waals surface area contributed by atoms with Gasteiger partial charge in [0.2, 0.25) is 0 Å². The molecular formula is C25H23ClN2O2. The van der Waals surface area contributed by atoms with Crippen LogP contribution in [0.1, 0.15) is 31.4 Å². The molecule has 30 heavy (non-hydrogen) atoms. The van der Waals surface area contributed by atoms with Crippen LogP contribution in [-0.2, 0) is 11.4 Å². The van der Waals surface area contributed by atoms with Gasteiger partial charge in [0.05, 0.1) is 0 Å². The highest BCUT2D eigenvalue weighted by molar-refractivity contribution is 6.30. The molecule has 5 heteroatoms. The smallest absolute Gasteiger partial charge is 0.262 e. The lowest BCUT2D eigenvalue weighted by Gasteiger charge is -2.14. The van der Waals surface area contributed by atoms with Crippen LogP contribution < -0.4 is 10.1 Å². The Labute approximate surface area is 181 Å². The fourth-order valence-electron chi connectivity index (χ4n) is 2.99. The first kappa shape index (κ1) is 21.4. The number of fused-ring (bicyclic) bond motifs is 1. The van der Waals surface area contributed by atoms with Crippen LogP contribution in [0.15, 0.2) is 66.2 Å². The molecule has 3 aromatic rings. The summed E-state index contributed by atoms with van der Waals surface area (Å²) in [7, 11) is 0. The van der Waals surface area contributed by atoms with Crippen LogP contribution in [0.4, 0.5) is 0 Å². The van der Waals surface area contributed by atoms with E-state index in [1.54, 1.807) is 6.08 Å². The van der Waals surface area contributed by atoms with Gasteiger partial charge in [0.1, 0.15) is 24.0 Å². The Morgan fingerprint density at radius 2 is 1.90 bits per heavy atom. The van der Waals surface area contributed by atoms with Crippen molar-refractivity contribution >= 4 is 34.4 Å². The highest BCUT2D eigenvalue weighted by Crippen LogP contribution is 2.31. The molecular weight excluding hydrogens is 396 g/mol. The highest BCUT2D eigenvalue weighted by Gasteiger charge is 2.15. The molecule has 1 N–H and O–H groups in total. The van der Waals surface area contributed by atoms with Crippen LogP contribution in [0.3, 0.4) is 0 Å². The summed E-state index contributed by atoms with van der Waals surface area (Å²) in [6.45, 7) is 4.23. The summed E-state index contributed by atoms with van der Waals surface area (Å²) in [5, 5.41) is 15.0. The maximum atomic E-state index is 12.6. The minimum Gasteiger partial charge on any atom is -0.488 e. The van der Waals surface area contributed by atoms with Crippen LogP contribution in [0.25, 0.3) is 16.8 Å². The first-order chi connectivity index (χ1) is 14.5. The van der Waals surface area contributed by atoms with Gasteiger partial charge in [-0.25, -0.2) is 0 Å². The number of nitrogens with one attached hydrogen (secondary N) is 1. The summed E-state index contributed by atoms with van der Waals surface area (Å²) in [6, 6.07) is 21.1. The molecule has 3 rings (SSSR count). The van der Waals surface area contributed by atoms with Crippen molar-refractivity contribution in [3.05, 3.63) is 82.4 Å². The van der Waals surface area contributed by atoms with Gasteiger partial charge in [0, 0.05) is 16.6 Å². The summed E-state index contributed by atoms with van der Waals surface area (Å²) in [5.74, 6) is 0.219. The van der Waals surface area contributed by atoms with Gasteiger partial charge < -0.3 is 10.1 Å². The molecule has 1 atom stereocenters. The van der Waals surface area contributed by atoms with Gasteiger partial charge in [0.15, 0.2) is 0 Å². The number of carbonyl (C=O) groups excluding carboxylic acids is 1. The Hall–Kier alpha value is -3.29. The van der Waals surface area contributed by atoms with E-state index in [9.17, 15) is 10.1 Å². The predicted octanol–water partition coefficient (Wildman–Crippen LogP) is 5.89. The van der Waals surface area contributed by atoms with Crippen molar-refractivity contribution in [3.8, 4) is 11.8 Å². The minimum atomic E-state index is -0.386. The van der Waals surface area contributed by atoms with Crippen molar-refractivity contribution in [1.29, 1.82) is 5.26 Å². The van der Waals surface area contributed by atoms with E-state index in [2.05, 4.69) is 5.32 Å². The SMILES string of the molecule is CC[C@H](C)NC(=O)/C(C#N)=C/c1c(OCc2ccc(Cl)cc2)ccc2ccccc12. The lowest BCUT2D eigenvalue weighted by Crippen LogP contribution is -2.32. The second-order valence-electron chi connectivity index (χ2n) is 7.07. The number of nitriles is 1. The van der Waals surface area contributed by atoms with Crippen LogP contribution in [0.2, 0.25) is 5.02 Å². The lowest BCUT2D eigenvalue weighted by molar-refractivity contribution is -0.117. The van der Waals surface area contributed by atoms with Gasteiger partial charge in [-0.1, -0.05) is 61.0 Å². The molecule has 0 aliphatic carbocycles. The standard InChI is InChI=1S/C25H23ClN2O2/c1-3-17(2)28-25(29)20(15-27)14-23-22-7-5-4-6-19(22)10-13-24(23)30-16-18-8-11-21(26)12-9-18/h4-14,17H,3,16H2,1-2H3,(H,28,29)/b20-14+/t17-/m0/s1. The number of halogens is 1. The van der Waals surface area contributed by atoms with Crippen LogP contribution >= 0.6 is 11.6 Å². The zero-order valence-corrected chi connectivity index (χ0v) is 17.7. The maximum absolute atomic E-state index is 12.6. The Morgan fingerprint density at radius 1 is 1.17 bits per heavy atom. The maximum Gasteiger partial charge on any atom is 0.262 e. The third-order valence-electron chi connectivity index (χ3n) is 4.88. The summed E-state index contributed by atoms with van der Waals surface area (Å²) in [4.78, 5) is 12.6. The lowest BCUT2D eigenvalue weighted by atomic mass is 10.0. The van der Waals surface area contributed by atoms with Gasteiger partial charge >= 0.3 is 0 Å². The van der Waals surface area contributed by atoms with Crippen molar-refractivity contribution < 1.29 is 9.53 Å². The molecule has 0 fully saturated rings. The number of carbonyl (C=O) groups is 1. The van der Waals surface area contributed by atoms with Gasteiger partial charge in [-0.3, -0.25) is 4.79 Å². The number of benzene rings is 3. The van der Waals surface area contributed by atoms with E-state index in [0.717, 1.165) is 22.8 Å². The molecule has 0 radical (unpaired) electrons. The van der Waals surface area contributed by atoms with E-state index < -0.39 is 0 Å². The van der Waals surface area contributed by atoms with E-state index in [0.29, 0.717) is 22.9 Å². The second kappa shape index (κ2) is 9.96. The molecule has 0 saturated heterocycles. The normalized spacial score (nSPS) is 12.3. The zero-order valence-electron chi connectivity index (χ0n) is 17.0. The van der Waals surface area contributed by atoms with Gasteiger partial charge in [0.25, 0.3) is 5.91 Å². The van der Waals surface area contributed by atoms with Crippen molar-refractivity contribution in [3.63, 3.8) is 0 Å². The van der Waals surface area contributed by atoms with Crippen molar-refractivity contribution in [2.75, 3.05) is 0 Å². The molecule has 4 nitrogen and oxygen atoms in total. The largest absolute Gasteiger partial charge is 0.488 e. The summed E-state index contributed by atoms with van der Waals surface area (Å²) < 4.78 is 6.07. The molecule has 0 saturated carbocycles. The Balaban J connectivity index is 1.99. The average Bonchev–Trinajstić information content (AvgIpc) is 2.77. The van der Waals surface area contributed by atoms with E-state index in [4.69, 9.17) is 16.3 Å². The van der Waals surface area contributed by atoms with Crippen LogP contribution in [0, 0.1) is 11.3 Å². The molecule has 0 aromatic heterocycles.